The van der Waals surface area contributed by atoms with E-state index in [1.165, 1.54) is 6.92 Å². The van der Waals surface area contributed by atoms with Crippen LogP contribution in [-0.2, 0) is 11.5 Å². The van der Waals surface area contributed by atoms with E-state index >= 15 is 0 Å². The molecule has 1 aromatic heterocycles. The minimum absolute atomic E-state index is 0.166. The minimum Gasteiger partial charge on any atom is -0.304 e. The molecular formula is C8H8N2O2S. The third kappa shape index (κ3) is 1.39. The van der Waals surface area contributed by atoms with E-state index in [9.17, 15) is 9.59 Å². The summed E-state index contributed by atoms with van der Waals surface area (Å²) >= 11 is 1.64. The Kier molecular flexibility index (Phi) is 1.95. The van der Waals surface area contributed by atoms with Crippen LogP contribution in [0.5, 0.6) is 0 Å². The fourth-order valence-electron chi connectivity index (χ4n) is 1.23. The summed E-state index contributed by atoms with van der Waals surface area (Å²) < 4.78 is 0. The minimum atomic E-state index is -0.197. The first-order valence-corrected chi connectivity index (χ1v) is 5.04. The first-order chi connectivity index (χ1) is 6.18. The fourth-order valence-corrected chi connectivity index (χ4v) is 2.27. The van der Waals surface area contributed by atoms with Crippen molar-refractivity contribution >= 4 is 17.5 Å². The molecule has 0 unspecified atom stereocenters. The van der Waals surface area contributed by atoms with Gasteiger partial charge in [-0.1, -0.05) is 0 Å². The van der Waals surface area contributed by atoms with Gasteiger partial charge in [0.2, 0.25) is 0 Å². The topological polar surface area (TPSA) is 62.8 Å². The second kappa shape index (κ2) is 2.99. The maximum absolute atomic E-state index is 11.4. The molecule has 13 heavy (non-hydrogen) atoms. The van der Waals surface area contributed by atoms with Crippen molar-refractivity contribution in [3.05, 3.63) is 27.4 Å². The molecule has 0 atom stereocenters. The lowest BCUT2D eigenvalue weighted by molar-refractivity contribution is 0.100. The molecule has 0 aliphatic carbocycles. The van der Waals surface area contributed by atoms with Crippen molar-refractivity contribution in [1.29, 1.82) is 0 Å². The Hall–Kier alpha value is -1.10. The first-order valence-electron chi connectivity index (χ1n) is 3.89. The van der Waals surface area contributed by atoms with Crippen LogP contribution in [0.15, 0.2) is 4.79 Å². The lowest BCUT2D eigenvalue weighted by Crippen LogP contribution is -2.18. The summed E-state index contributed by atoms with van der Waals surface area (Å²) in [5.74, 6) is 1.41. The lowest BCUT2D eigenvalue weighted by Gasteiger charge is -1.98. The summed E-state index contributed by atoms with van der Waals surface area (Å²) in [5, 5.41) is 0. The van der Waals surface area contributed by atoms with Crippen LogP contribution in [-0.4, -0.2) is 15.8 Å². The first kappa shape index (κ1) is 8.50. The van der Waals surface area contributed by atoms with Gasteiger partial charge in [-0.25, -0.2) is 4.98 Å². The molecule has 4 nitrogen and oxygen atoms in total. The van der Waals surface area contributed by atoms with E-state index in [4.69, 9.17) is 0 Å². The van der Waals surface area contributed by atoms with Crippen LogP contribution < -0.4 is 5.56 Å². The predicted molar refractivity (Wildman–Crippen MR) is 49.9 cm³/mol. The number of H-pyrrole nitrogens is 1. The molecule has 0 fully saturated rings. The summed E-state index contributed by atoms with van der Waals surface area (Å²) in [5.41, 5.74) is 1.31. The van der Waals surface area contributed by atoms with Gasteiger partial charge in [0.15, 0.2) is 11.6 Å². The van der Waals surface area contributed by atoms with Crippen molar-refractivity contribution in [2.24, 2.45) is 0 Å². The van der Waals surface area contributed by atoms with Crippen LogP contribution in [0, 0.1) is 0 Å². The summed E-state index contributed by atoms with van der Waals surface area (Å²) in [6.07, 6.45) is 0. The molecule has 1 aliphatic heterocycles. The van der Waals surface area contributed by atoms with Gasteiger partial charge in [-0.2, -0.15) is 11.8 Å². The summed E-state index contributed by atoms with van der Waals surface area (Å²) in [6, 6.07) is 0. The SMILES string of the molecule is CC(=O)c1nc2c(c(=O)[nH]1)CSC2. The quantitative estimate of drug-likeness (QED) is 0.672. The Balaban J connectivity index is 2.62. The average molecular weight is 196 g/mol. The number of Topliss-reactive ketones (excluding diaryl/α,β-unsaturated/α-hetero) is 1. The van der Waals surface area contributed by atoms with E-state index in [2.05, 4.69) is 9.97 Å². The molecule has 1 N–H and O–H groups in total. The highest BCUT2D eigenvalue weighted by Crippen LogP contribution is 2.24. The highest BCUT2D eigenvalue weighted by Gasteiger charge is 2.18. The van der Waals surface area contributed by atoms with E-state index in [0.29, 0.717) is 5.75 Å². The highest BCUT2D eigenvalue weighted by atomic mass is 32.2. The second-order valence-electron chi connectivity index (χ2n) is 2.89. The van der Waals surface area contributed by atoms with Crippen LogP contribution in [0.2, 0.25) is 0 Å². The standard InChI is InChI=1S/C8H8N2O2S/c1-4(11)7-9-6-3-13-2-5(6)8(12)10-7/h2-3H2,1H3,(H,9,10,12). The third-order valence-corrected chi connectivity index (χ3v) is 2.89. The molecule has 0 aromatic carbocycles. The Morgan fingerprint density at radius 3 is 3.00 bits per heavy atom. The van der Waals surface area contributed by atoms with E-state index in [1.807, 2.05) is 0 Å². The molecule has 0 saturated carbocycles. The molecule has 0 spiro atoms. The maximum atomic E-state index is 11.4. The number of carbonyl (C=O) groups excluding carboxylic acids is 1. The van der Waals surface area contributed by atoms with Crippen molar-refractivity contribution < 1.29 is 4.79 Å². The van der Waals surface area contributed by atoms with Gasteiger partial charge in [0.05, 0.1) is 5.69 Å². The molecule has 1 aromatic rings. The number of aromatic nitrogens is 2. The number of rotatable bonds is 1. The molecule has 0 bridgehead atoms. The molecule has 2 heterocycles. The molecular weight excluding hydrogens is 188 g/mol. The number of nitrogens with one attached hydrogen (secondary N) is 1. The molecule has 0 radical (unpaired) electrons. The number of aromatic amines is 1. The van der Waals surface area contributed by atoms with Crippen molar-refractivity contribution in [3.8, 4) is 0 Å². The zero-order valence-corrected chi connectivity index (χ0v) is 7.90. The van der Waals surface area contributed by atoms with Crippen molar-refractivity contribution in [1.82, 2.24) is 9.97 Å². The molecule has 2 rings (SSSR count). The van der Waals surface area contributed by atoms with Gasteiger partial charge in [-0.15, -0.1) is 0 Å². The van der Waals surface area contributed by atoms with Crippen molar-refractivity contribution in [2.45, 2.75) is 18.4 Å². The third-order valence-electron chi connectivity index (χ3n) is 1.92. The van der Waals surface area contributed by atoms with Gasteiger partial charge < -0.3 is 4.98 Å². The van der Waals surface area contributed by atoms with E-state index in [1.54, 1.807) is 11.8 Å². The van der Waals surface area contributed by atoms with Gasteiger partial charge in [0.1, 0.15) is 0 Å². The number of fused-ring (bicyclic) bond motifs is 1. The number of thioether (sulfide) groups is 1. The zero-order chi connectivity index (χ0) is 9.42. The van der Waals surface area contributed by atoms with E-state index in [0.717, 1.165) is 17.0 Å². The Labute approximate surface area is 78.8 Å². The van der Waals surface area contributed by atoms with Gasteiger partial charge in [-0.3, -0.25) is 9.59 Å². The molecule has 1 aliphatic rings. The molecule has 0 amide bonds. The maximum Gasteiger partial charge on any atom is 0.255 e. The largest absolute Gasteiger partial charge is 0.304 e. The number of hydrogen-bond donors (Lipinski definition) is 1. The van der Waals surface area contributed by atoms with Gasteiger partial charge in [0, 0.05) is 24.0 Å². The van der Waals surface area contributed by atoms with Crippen LogP contribution in [0.3, 0.4) is 0 Å². The average Bonchev–Trinajstić information content (AvgIpc) is 2.51. The number of carbonyl (C=O) groups is 1. The lowest BCUT2D eigenvalue weighted by atomic mass is 10.2. The zero-order valence-electron chi connectivity index (χ0n) is 7.09. The van der Waals surface area contributed by atoms with Gasteiger partial charge in [-0.05, 0) is 0 Å². The monoisotopic (exact) mass is 196 g/mol. The Morgan fingerprint density at radius 2 is 2.31 bits per heavy atom. The summed E-state index contributed by atoms with van der Waals surface area (Å²) in [4.78, 5) is 28.9. The number of ketones is 1. The van der Waals surface area contributed by atoms with Crippen LogP contribution in [0.1, 0.15) is 28.8 Å². The van der Waals surface area contributed by atoms with Crippen LogP contribution in [0.25, 0.3) is 0 Å². The number of hydrogen-bond acceptors (Lipinski definition) is 4. The molecule has 0 saturated heterocycles. The highest BCUT2D eigenvalue weighted by molar-refractivity contribution is 7.98. The normalized spacial score (nSPS) is 14.2. The number of nitrogens with zero attached hydrogens (tertiary/aromatic N) is 1. The summed E-state index contributed by atoms with van der Waals surface area (Å²) in [7, 11) is 0. The van der Waals surface area contributed by atoms with Gasteiger partial charge in [0.25, 0.3) is 5.56 Å². The van der Waals surface area contributed by atoms with Crippen molar-refractivity contribution in [2.75, 3.05) is 0 Å². The molecule has 5 heteroatoms. The summed E-state index contributed by atoms with van der Waals surface area (Å²) in [6.45, 7) is 1.40. The fraction of sp³-hybridized carbons (Fsp3) is 0.375. The smallest absolute Gasteiger partial charge is 0.255 e. The van der Waals surface area contributed by atoms with Crippen LogP contribution >= 0.6 is 11.8 Å². The second-order valence-corrected chi connectivity index (χ2v) is 3.87. The van der Waals surface area contributed by atoms with Gasteiger partial charge >= 0.3 is 0 Å². The van der Waals surface area contributed by atoms with E-state index < -0.39 is 0 Å². The van der Waals surface area contributed by atoms with Crippen LogP contribution in [0.4, 0.5) is 0 Å². The van der Waals surface area contributed by atoms with E-state index in [-0.39, 0.29) is 17.2 Å². The Bertz CT molecular complexity index is 425. The van der Waals surface area contributed by atoms with Crippen molar-refractivity contribution in [3.63, 3.8) is 0 Å². The predicted octanol–water partition coefficient (Wildman–Crippen LogP) is 0.719. The Morgan fingerprint density at radius 1 is 1.54 bits per heavy atom. The molecule has 68 valence electrons.